The number of hydrogen-bond donors (Lipinski definition) is 0. The zero-order valence-electron chi connectivity index (χ0n) is 9.75. The Labute approximate surface area is 99.7 Å². The minimum absolute atomic E-state index is 0.164. The first-order valence-electron chi connectivity index (χ1n) is 5.45. The first-order chi connectivity index (χ1) is 8.19. The maximum absolute atomic E-state index is 9.21. The van der Waals surface area contributed by atoms with Crippen molar-refractivity contribution in [3.63, 3.8) is 0 Å². The van der Waals surface area contributed by atoms with Crippen LogP contribution in [0.3, 0.4) is 0 Å². The van der Waals surface area contributed by atoms with Gasteiger partial charge in [0, 0.05) is 6.20 Å². The molecule has 0 saturated heterocycles. The molecule has 0 aliphatic carbocycles. The lowest BCUT2D eigenvalue weighted by atomic mass is 9.97. The van der Waals surface area contributed by atoms with Crippen molar-refractivity contribution >= 4 is 5.52 Å². The summed E-state index contributed by atoms with van der Waals surface area (Å²) in [6.45, 7) is 3.95. The lowest BCUT2D eigenvalue weighted by Crippen LogP contribution is -2.08. The standard InChI is InChI=1S/C13H12N4/c1-9(2)10(7-14)13-16-11(8-15)12-5-3-4-6-17(12)13/h3-6,9-10H,1-2H3. The van der Waals surface area contributed by atoms with Crippen LogP contribution in [0.15, 0.2) is 24.4 Å². The van der Waals surface area contributed by atoms with E-state index in [0.717, 1.165) is 5.52 Å². The Kier molecular flexibility index (Phi) is 2.80. The zero-order chi connectivity index (χ0) is 12.4. The third kappa shape index (κ3) is 1.74. The second-order valence-corrected chi connectivity index (χ2v) is 4.24. The average Bonchev–Trinajstić information content (AvgIpc) is 2.69. The van der Waals surface area contributed by atoms with Gasteiger partial charge in [0.1, 0.15) is 17.8 Å². The van der Waals surface area contributed by atoms with Crippen molar-refractivity contribution in [1.82, 2.24) is 9.38 Å². The molecule has 2 aromatic rings. The third-order valence-electron chi connectivity index (χ3n) is 2.77. The molecule has 0 aliphatic heterocycles. The Balaban J connectivity index is 2.72. The minimum Gasteiger partial charge on any atom is -0.301 e. The van der Waals surface area contributed by atoms with Crippen molar-refractivity contribution in [2.24, 2.45) is 5.92 Å². The molecule has 0 N–H and O–H groups in total. The van der Waals surface area contributed by atoms with E-state index in [1.165, 1.54) is 0 Å². The summed E-state index contributed by atoms with van der Waals surface area (Å²) in [7, 11) is 0. The molecular formula is C13H12N4. The van der Waals surface area contributed by atoms with Crippen molar-refractivity contribution in [2.75, 3.05) is 0 Å². The van der Waals surface area contributed by atoms with E-state index >= 15 is 0 Å². The van der Waals surface area contributed by atoms with Crippen LogP contribution in [-0.4, -0.2) is 9.38 Å². The highest BCUT2D eigenvalue weighted by Crippen LogP contribution is 2.25. The predicted molar refractivity (Wildman–Crippen MR) is 63.1 cm³/mol. The fraction of sp³-hybridized carbons (Fsp3) is 0.308. The number of nitriles is 2. The van der Waals surface area contributed by atoms with E-state index in [4.69, 9.17) is 5.26 Å². The highest BCUT2D eigenvalue weighted by atomic mass is 15.0. The first kappa shape index (κ1) is 11.2. The van der Waals surface area contributed by atoms with Crippen LogP contribution in [-0.2, 0) is 0 Å². The molecule has 1 unspecified atom stereocenters. The fourth-order valence-corrected chi connectivity index (χ4v) is 1.87. The van der Waals surface area contributed by atoms with E-state index in [9.17, 15) is 5.26 Å². The molecule has 0 saturated carbocycles. The maximum Gasteiger partial charge on any atom is 0.166 e. The van der Waals surface area contributed by atoms with Gasteiger partial charge in [0.05, 0.1) is 11.6 Å². The van der Waals surface area contributed by atoms with E-state index in [1.54, 1.807) is 0 Å². The van der Waals surface area contributed by atoms with Crippen molar-refractivity contribution < 1.29 is 0 Å². The van der Waals surface area contributed by atoms with Crippen LogP contribution in [0, 0.1) is 28.6 Å². The highest BCUT2D eigenvalue weighted by molar-refractivity contribution is 5.59. The second-order valence-electron chi connectivity index (χ2n) is 4.24. The van der Waals surface area contributed by atoms with Gasteiger partial charge in [-0.25, -0.2) is 4.98 Å². The summed E-state index contributed by atoms with van der Waals surface area (Å²) in [5.41, 5.74) is 1.13. The van der Waals surface area contributed by atoms with Gasteiger partial charge in [0.2, 0.25) is 0 Å². The van der Waals surface area contributed by atoms with Crippen molar-refractivity contribution in [3.05, 3.63) is 35.9 Å². The molecule has 0 fully saturated rings. The Bertz CT molecular complexity index is 625. The molecule has 2 aromatic heterocycles. The van der Waals surface area contributed by atoms with Gasteiger partial charge < -0.3 is 4.40 Å². The Morgan fingerprint density at radius 2 is 2.06 bits per heavy atom. The van der Waals surface area contributed by atoms with Crippen LogP contribution < -0.4 is 0 Å². The Morgan fingerprint density at radius 1 is 1.29 bits per heavy atom. The van der Waals surface area contributed by atoms with E-state index in [2.05, 4.69) is 17.1 Å². The molecule has 2 rings (SSSR count). The lowest BCUT2D eigenvalue weighted by molar-refractivity contribution is 0.559. The molecular weight excluding hydrogens is 212 g/mol. The van der Waals surface area contributed by atoms with Gasteiger partial charge >= 0.3 is 0 Å². The molecule has 0 spiro atoms. The van der Waals surface area contributed by atoms with Gasteiger partial charge in [0.15, 0.2) is 5.69 Å². The Morgan fingerprint density at radius 3 is 2.65 bits per heavy atom. The monoisotopic (exact) mass is 224 g/mol. The van der Waals surface area contributed by atoms with Crippen LogP contribution in [0.25, 0.3) is 5.52 Å². The highest BCUT2D eigenvalue weighted by Gasteiger charge is 2.22. The summed E-state index contributed by atoms with van der Waals surface area (Å²) in [5, 5.41) is 18.2. The maximum atomic E-state index is 9.21. The van der Waals surface area contributed by atoms with E-state index < -0.39 is 0 Å². The Hall–Kier alpha value is -2.33. The molecule has 84 valence electrons. The number of hydrogen-bond acceptors (Lipinski definition) is 3. The first-order valence-corrected chi connectivity index (χ1v) is 5.45. The summed E-state index contributed by atoms with van der Waals surface area (Å²) >= 11 is 0. The van der Waals surface area contributed by atoms with E-state index in [1.807, 2.05) is 42.6 Å². The number of aromatic nitrogens is 2. The van der Waals surface area contributed by atoms with Gasteiger partial charge in [-0.1, -0.05) is 19.9 Å². The van der Waals surface area contributed by atoms with Gasteiger partial charge in [0.25, 0.3) is 0 Å². The second kappa shape index (κ2) is 4.27. The number of nitrogens with zero attached hydrogens (tertiary/aromatic N) is 4. The smallest absolute Gasteiger partial charge is 0.166 e. The van der Waals surface area contributed by atoms with Gasteiger partial charge in [-0.3, -0.25) is 0 Å². The fourth-order valence-electron chi connectivity index (χ4n) is 1.87. The third-order valence-corrected chi connectivity index (χ3v) is 2.77. The SMILES string of the molecule is CC(C)C(C#N)c1nc(C#N)c2ccccn12. The molecule has 0 radical (unpaired) electrons. The molecule has 4 nitrogen and oxygen atoms in total. The lowest BCUT2D eigenvalue weighted by Gasteiger charge is -2.11. The van der Waals surface area contributed by atoms with Gasteiger partial charge in [-0.2, -0.15) is 10.5 Å². The molecule has 17 heavy (non-hydrogen) atoms. The minimum atomic E-state index is -0.299. The predicted octanol–water partition coefficient (Wildman–Crippen LogP) is 2.47. The normalized spacial score (nSPS) is 12.3. The largest absolute Gasteiger partial charge is 0.301 e. The quantitative estimate of drug-likeness (QED) is 0.787. The van der Waals surface area contributed by atoms with Gasteiger partial charge in [-0.15, -0.1) is 0 Å². The molecule has 0 bridgehead atoms. The van der Waals surface area contributed by atoms with Crippen LogP contribution in [0.5, 0.6) is 0 Å². The summed E-state index contributed by atoms with van der Waals surface area (Å²) in [5.74, 6) is 0.513. The van der Waals surface area contributed by atoms with Crippen molar-refractivity contribution in [1.29, 1.82) is 10.5 Å². The summed E-state index contributed by atoms with van der Waals surface area (Å²) in [6.07, 6.45) is 1.84. The molecule has 2 heterocycles. The number of imidazole rings is 1. The number of rotatable bonds is 2. The summed E-state index contributed by atoms with van der Waals surface area (Å²) < 4.78 is 1.83. The molecule has 1 atom stereocenters. The van der Waals surface area contributed by atoms with Crippen LogP contribution in [0.1, 0.15) is 31.3 Å². The van der Waals surface area contributed by atoms with Gasteiger partial charge in [-0.05, 0) is 18.1 Å². The number of fused-ring (bicyclic) bond motifs is 1. The zero-order valence-corrected chi connectivity index (χ0v) is 9.75. The molecule has 0 aromatic carbocycles. The van der Waals surface area contributed by atoms with E-state index in [0.29, 0.717) is 11.5 Å². The molecule has 0 aliphatic rings. The molecule has 0 amide bonds. The average molecular weight is 224 g/mol. The van der Waals surface area contributed by atoms with Crippen molar-refractivity contribution in [2.45, 2.75) is 19.8 Å². The summed E-state index contributed by atoms with van der Waals surface area (Å²) in [4.78, 5) is 4.28. The number of pyridine rings is 1. The summed E-state index contributed by atoms with van der Waals surface area (Å²) in [6, 6.07) is 9.89. The van der Waals surface area contributed by atoms with Crippen LogP contribution in [0.4, 0.5) is 0 Å². The molecule has 4 heteroatoms. The van der Waals surface area contributed by atoms with Crippen LogP contribution in [0.2, 0.25) is 0 Å². The van der Waals surface area contributed by atoms with Crippen molar-refractivity contribution in [3.8, 4) is 12.1 Å². The topological polar surface area (TPSA) is 64.9 Å². The van der Waals surface area contributed by atoms with E-state index in [-0.39, 0.29) is 11.8 Å². The van der Waals surface area contributed by atoms with Crippen LogP contribution >= 0.6 is 0 Å².